The summed E-state index contributed by atoms with van der Waals surface area (Å²) in [5, 5.41) is 2.35. The zero-order chi connectivity index (χ0) is 8.10. The quantitative estimate of drug-likeness (QED) is 0.552. The van der Waals surface area contributed by atoms with Gasteiger partial charge in [0.25, 0.3) is 0 Å². The number of nitrogens with one attached hydrogen (secondary N) is 1. The van der Waals surface area contributed by atoms with E-state index in [1.54, 1.807) is 4.90 Å². The van der Waals surface area contributed by atoms with E-state index < -0.39 is 0 Å². The number of amides is 2. The third kappa shape index (κ3) is 2.22. The Morgan fingerprint density at radius 3 is 2.64 bits per heavy atom. The first-order valence-corrected chi connectivity index (χ1v) is 3.79. The van der Waals surface area contributed by atoms with Gasteiger partial charge >= 0.3 is 0 Å². The molecule has 0 aromatic carbocycles. The molecule has 0 aromatic heterocycles. The lowest BCUT2D eigenvalue weighted by atomic mass is 10.4. The first-order chi connectivity index (χ1) is 5.34. The van der Waals surface area contributed by atoms with Gasteiger partial charge in [0.1, 0.15) is 0 Å². The van der Waals surface area contributed by atoms with E-state index in [2.05, 4.69) is 5.32 Å². The van der Waals surface area contributed by atoms with Crippen LogP contribution in [0.2, 0.25) is 0 Å². The third-order valence-corrected chi connectivity index (χ3v) is 1.80. The summed E-state index contributed by atoms with van der Waals surface area (Å²) in [5.74, 6) is 0.0228. The van der Waals surface area contributed by atoms with Crippen molar-refractivity contribution in [3.8, 4) is 0 Å². The van der Waals surface area contributed by atoms with Crippen LogP contribution in [-0.4, -0.2) is 36.9 Å². The Kier molecular flexibility index (Phi) is 2.89. The number of hydrogen-bond acceptors (Lipinski definition) is 2. The molecule has 1 aliphatic rings. The van der Waals surface area contributed by atoms with Gasteiger partial charge in [0.15, 0.2) is 0 Å². The maximum atomic E-state index is 11.1. The molecule has 1 aliphatic heterocycles. The summed E-state index contributed by atoms with van der Waals surface area (Å²) >= 11 is 0. The minimum absolute atomic E-state index is 0.0228. The molecule has 1 rings (SSSR count). The van der Waals surface area contributed by atoms with Crippen LogP contribution in [0.5, 0.6) is 0 Å². The zero-order valence-electron chi connectivity index (χ0n) is 6.38. The van der Waals surface area contributed by atoms with Crippen LogP contribution in [0.25, 0.3) is 0 Å². The van der Waals surface area contributed by atoms with Crippen molar-refractivity contribution in [2.75, 3.05) is 19.6 Å². The Bertz CT molecular complexity index is 153. The molecule has 0 unspecified atom stereocenters. The molecule has 11 heavy (non-hydrogen) atoms. The van der Waals surface area contributed by atoms with E-state index in [1.165, 1.54) is 0 Å². The van der Waals surface area contributed by atoms with Crippen LogP contribution >= 0.6 is 0 Å². The molecule has 0 radical (unpaired) electrons. The third-order valence-electron chi connectivity index (χ3n) is 1.80. The van der Waals surface area contributed by atoms with E-state index in [9.17, 15) is 9.59 Å². The normalized spacial score (nSPS) is 16.5. The Morgan fingerprint density at radius 1 is 1.45 bits per heavy atom. The smallest absolute Gasteiger partial charge is 0.241 e. The van der Waals surface area contributed by atoms with E-state index in [0.717, 1.165) is 25.9 Å². The highest BCUT2D eigenvalue weighted by Crippen LogP contribution is 2.06. The highest BCUT2D eigenvalue weighted by Gasteiger charge is 2.16. The number of hydrogen-bond donors (Lipinski definition) is 1. The Morgan fingerprint density at radius 2 is 2.09 bits per heavy atom. The van der Waals surface area contributed by atoms with Crippen LogP contribution in [0.15, 0.2) is 0 Å². The second-order valence-electron chi connectivity index (χ2n) is 2.59. The molecule has 0 spiro atoms. The lowest BCUT2D eigenvalue weighted by molar-refractivity contribution is -0.130. The Balaban J connectivity index is 2.22. The standard InChI is InChI=1S/C7H12N2O2/c10-6-8-5-7(11)9-3-1-2-4-9/h6H,1-5H2,(H,8,10). The summed E-state index contributed by atoms with van der Waals surface area (Å²) in [5.41, 5.74) is 0. The van der Waals surface area contributed by atoms with Crippen LogP contribution in [0.4, 0.5) is 0 Å². The second-order valence-corrected chi connectivity index (χ2v) is 2.59. The van der Waals surface area contributed by atoms with Gasteiger partial charge in [0, 0.05) is 13.1 Å². The van der Waals surface area contributed by atoms with E-state index >= 15 is 0 Å². The number of carbonyl (C=O) groups excluding carboxylic acids is 2. The van der Waals surface area contributed by atoms with Crippen molar-refractivity contribution >= 4 is 12.3 Å². The van der Waals surface area contributed by atoms with E-state index in [4.69, 9.17) is 0 Å². The van der Waals surface area contributed by atoms with Gasteiger partial charge in [-0.25, -0.2) is 0 Å². The minimum Gasteiger partial charge on any atom is -0.350 e. The maximum Gasteiger partial charge on any atom is 0.241 e. The van der Waals surface area contributed by atoms with Gasteiger partial charge in [-0.05, 0) is 12.8 Å². The van der Waals surface area contributed by atoms with Gasteiger partial charge in [-0.3, -0.25) is 9.59 Å². The monoisotopic (exact) mass is 156 g/mol. The molecule has 4 nitrogen and oxygen atoms in total. The van der Waals surface area contributed by atoms with Crippen LogP contribution in [0.1, 0.15) is 12.8 Å². The lowest BCUT2D eigenvalue weighted by Gasteiger charge is -2.13. The van der Waals surface area contributed by atoms with Crippen molar-refractivity contribution in [3.63, 3.8) is 0 Å². The Labute approximate surface area is 65.6 Å². The van der Waals surface area contributed by atoms with Gasteiger partial charge in [0.05, 0.1) is 6.54 Å². The average Bonchev–Trinajstić information content (AvgIpc) is 2.52. The largest absolute Gasteiger partial charge is 0.350 e. The molecule has 2 amide bonds. The molecule has 1 N–H and O–H groups in total. The molecule has 62 valence electrons. The molecule has 0 aliphatic carbocycles. The zero-order valence-corrected chi connectivity index (χ0v) is 6.38. The van der Waals surface area contributed by atoms with Crippen molar-refractivity contribution in [1.29, 1.82) is 0 Å². The summed E-state index contributed by atoms with van der Waals surface area (Å²) in [7, 11) is 0. The van der Waals surface area contributed by atoms with Crippen LogP contribution < -0.4 is 5.32 Å². The first-order valence-electron chi connectivity index (χ1n) is 3.79. The predicted molar refractivity (Wildman–Crippen MR) is 39.9 cm³/mol. The summed E-state index contributed by atoms with van der Waals surface area (Å²) in [6.07, 6.45) is 2.73. The number of likely N-dealkylation sites (tertiary alicyclic amines) is 1. The van der Waals surface area contributed by atoms with Crippen LogP contribution in [-0.2, 0) is 9.59 Å². The summed E-state index contributed by atoms with van der Waals surface area (Å²) in [6, 6.07) is 0. The first kappa shape index (κ1) is 8.04. The Hall–Kier alpha value is -1.06. The fraction of sp³-hybridized carbons (Fsp3) is 0.714. The van der Waals surface area contributed by atoms with Gasteiger partial charge in [-0.2, -0.15) is 0 Å². The van der Waals surface area contributed by atoms with E-state index in [0.29, 0.717) is 6.41 Å². The SMILES string of the molecule is O=CNCC(=O)N1CCCC1. The molecule has 0 aromatic rings. The van der Waals surface area contributed by atoms with Crippen molar-refractivity contribution < 1.29 is 9.59 Å². The van der Waals surface area contributed by atoms with Gasteiger partial charge in [-0.15, -0.1) is 0 Å². The highest BCUT2D eigenvalue weighted by molar-refractivity contribution is 5.80. The van der Waals surface area contributed by atoms with Crippen molar-refractivity contribution in [2.24, 2.45) is 0 Å². The molecule has 0 saturated carbocycles. The van der Waals surface area contributed by atoms with Crippen LogP contribution in [0.3, 0.4) is 0 Å². The molecule has 0 bridgehead atoms. The number of rotatable bonds is 3. The average molecular weight is 156 g/mol. The predicted octanol–water partition coefficient (Wildman–Crippen LogP) is -0.645. The van der Waals surface area contributed by atoms with Gasteiger partial charge in [0.2, 0.25) is 12.3 Å². The summed E-state index contributed by atoms with van der Waals surface area (Å²) < 4.78 is 0. The fourth-order valence-corrected chi connectivity index (χ4v) is 1.21. The molecule has 4 heteroatoms. The highest BCUT2D eigenvalue weighted by atomic mass is 16.2. The van der Waals surface area contributed by atoms with Crippen molar-refractivity contribution in [2.45, 2.75) is 12.8 Å². The van der Waals surface area contributed by atoms with E-state index in [1.807, 2.05) is 0 Å². The van der Waals surface area contributed by atoms with Gasteiger partial charge in [-0.1, -0.05) is 0 Å². The maximum absolute atomic E-state index is 11.1. The molecule has 1 saturated heterocycles. The van der Waals surface area contributed by atoms with Crippen molar-refractivity contribution in [3.05, 3.63) is 0 Å². The fourth-order valence-electron chi connectivity index (χ4n) is 1.21. The number of nitrogens with zero attached hydrogens (tertiary/aromatic N) is 1. The summed E-state index contributed by atoms with van der Waals surface area (Å²) in [4.78, 5) is 22.7. The van der Waals surface area contributed by atoms with Crippen molar-refractivity contribution in [1.82, 2.24) is 10.2 Å². The molecular formula is C7H12N2O2. The molecule has 1 heterocycles. The molecular weight excluding hydrogens is 144 g/mol. The molecule has 0 atom stereocenters. The topological polar surface area (TPSA) is 49.4 Å². The van der Waals surface area contributed by atoms with E-state index in [-0.39, 0.29) is 12.5 Å². The minimum atomic E-state index is 0.0228. The summed E-state index contributed by atoms with van der Waals surface area (Å²) in [6.45, 7) is 1.84. The lowest BCUT2D eigenvalue weighted by Crippen LogP contribution is -2.35. The van der Waals surface area contributed by atoms with Gasteiger partial charge < -0.3 is 10.2 Å². The second kappa shape index (κ2) is 3.95. The van der Waals surface area contributed by atoms with Crippen LogP contribution in [0, 0.1) is 0 Å². The number of carbonyl (C=O) groups is 2. The molecule has 1 fully saturated rings.